The Balaban J connectivity index is 2.39. The molecule has 0 radical (unpaired) electrons. The zero-order chi connectivity index (χ0) is 15.8. The van der Waals surface area contributed by atoms with Crippen molar-refractivity contribution in [2.24, 2.45) is 5.73 Å². The van der Waals surface area contributed by atoms with Crippen molar-refractivity contribution in [1.29, 1.82) is 0 Å². The Kier molecular flexibility index (Phi) is 3.59. The third-order valence-electron chi connectivity index (χ3n) is 3.56. The van der Waals surface area contributed by atoms with E-state index in [-0.39, 0.29) is 0 Å². The molecule has 0 spiro atoms. The van der Waals surface area contributed by atoms with E-state index in [0.29, 0.717) is 11.3 Å². The summed E-state index contributed by atoms with van der Waals surface area (Å²) in [6, 6.07) is 4.57. The van der Waals surface area contributed by atoms with Crippen LogP contribution in [0.15, 0.2) is 18.2 Å². The van der Waals surface area contributed by atoms with Crippen LogP contribution in [0.25, 0.3) is 0 Å². The fourth-order valence-corrected chi connectivity index (χ4v) is 2.38. The van der Waals surface area contributed by atoms with Gasteiger partial charge in [0, 0.05) is 0 Å². The first-order chi connectivity index (χ1) is 9.79. The third kappa shape index (κ3) is 2.42. The van der Waals surface area contributed by atoms with E-state index >= 15 is 0 Å². The van der Waals surface area contributed by atoms with Gasteiger partial charge >= 0.3 is 6.03 Å². The summed E-state index contributed by atoms with van der Waals surface area (Å²) in [4.78, 5) is 36.1. The van der Waals surface area contributed by atoms with Gasteiger partial charge in [-0.15, -0.1) is 0 Å². The van der Waals surface area contributed by atoms with Gasteiger partial charge in [0.2, 0.25) is 5.91 Å². The number of urea groups is 1. The molecule has 1 heterocycles. The maximum atomic E-state index is 12.4. The number of ether oxygens (including phenoxy) is 1. The van der Waals surface area contributed by atoms with E-state index < -0.39 is 29.9 Å². The first-order valence-electron chi connectivity index (χ1n) is 6.37. The van der Waals surface area contributed by atoms with E-state index in [0.717, 1.165) is 10.5 Å². The van der Waals surface area contributed by atoms with Gasteiger partial charge in [-0.1, -0.05) is 6.07 Å². The molecule has 7 nitrogen and oxygen atoms in total. The zero-order valence-electron chi connectivity index (χ0n) is 12.1. The molecule has 1 saturated heterocycles. The highest BCUT2D eigenvalue weighted by atomic mass is 16.5. The average Bonchev–Trinajstić information content (AvgIpc) is 2.63. The number of carbonyl (C=O) groups excluding carboxylic acids is 3. The number of hydrogen-bond acceptors (Lipinski definition) is 4. The number of nitrogens with two attached hydrogens (primary N) is 1. The lowest BCUT2D eigenvalue weighted by Gasteiger charge is -2.23. The maximum Gasteiger partial charge on any atom is 0.325 e. The van der Waals surface area contributed by atoms with Crippen molar-refractivity contribution in [3.63, 3.8) is 0 Å². The number of nitrogens with zero attached hydrogens (tertiary/aromatic N) is 1. The molecule has 1 unspecified atom stereocenters. The lowest BCUT2D eigenvalue weighted by atomic mass is 9.90. The number of methoxy groups -OCH3 is 1. The van der Waals surface area contributed by atoms with E-state index in [2.05, 4.69) is 5.32 Å². The van der Waals surface area contributed by atoms with Gasteiger partial charge in [-0.05, 0) is 37.1 Å². The maximum absolute atomic E-state index is 12.4. The van der Waals surface area contributed by atoms with Crippen LogP contribution in [0.5, 0.6) is 5.75 Å². The van der Waals surface area contributed by atoms with Gasteiger partial charge in [0.25, 0.3) is 5.91 Å². The average molecular weight is 291 g/mol. The molecule has 1 atom stereocenters. The summed E-state index contributed by atoms with van der Waals surface area (Å²) in [6.45, 7) is 3.00. The van der Waals surface area contributed by atoms with Crippen LogP contribution in [0.4, 0.5) is 4.79 Å². The minimum absolute atomic E-state index is 0.435. The molecule has 0 bridgehead atoms. The van der Waals surface area contributed by atoms with Gasteiger partial charge in [0.15, 0.2) is 0 Å². The van der Waals surface area contributed by atoms with E-state index in [9.17, 15) is 14.4 Å². The van der Waals surface area contributed by atoms with Crippen LogP contribution >= 0.6 is 0 Å². The van der Waals surface area contributed by atoms with Crippen LogP contribution in [0.1, 0.15) is 18.1 Å². The molecule has 0 aromatic heterocycles. The van der Waals surface area contributed by atoms with Crippen molar-refractivity contribution < 1.29 is 19.1 Å². The van der Waals surface area contributed by atoms with Crippen LogP contribution < -0.4 is 15.8 Å². The normalized spacial score (nSPS) is 21.4. The predicted molar refractivity (Wildman–Crippen MR) is 74.5 cm³/mol. The lowest BCUT2D eigenvalue weighted by Crippen LogP contribution is -2.42. The SMILES string of the molecule is COc1ccc(C2(C)NC(=O)N(CC(N)=O)C2=O)cc1C. The Bertz CT molecular complexity index is 629. The number of rotatable bonds is 4. The molecular formula is C14H17N3O4. The zero-order valence-corrected chi connectivity index (χ0v) is 12.1. The highest BCUT2D eigenvalue weighted by Gasteiger charge is 2.49. The molecule has 1 fully saturated rings. The molecule has 2 rings (SSSR count). The summed E-state index contributed by atoms with van der Waals surface area (Å²) >= 11 is 0. The topological polar surface area (TPSA) is 102 Å². The fourth-order valence-electron chi connectivity index (χ4n) is 2.38. The summed E-state index contributed by atoms with van der Waals surface area (Å²) < 4.78 is 5.17. The highest BCUT2D eigenvalue weighted by molar-refractivity contribution is 6.09. The van der Waals surface area contributed by atoms with Crippen molar-refractivity contribution in [2.45, 2.75) is 19.4 Å². The predicted octanol–water partition coefficient (Wildman–Crippen LogP) is 0.256. The van der Waals surface area contributed by atoms with Gasteiger partial charge in [-0.2, -0.15) is 0 Å². The Morgan fingerprint density at radius 1 is 1.43 bits per heavy atom. The Labute approximate surface area is 122 Å². The molecule has 3 N–H and O–H groups in total. The van der Waals surface area contributed by atoms with Crippen molar-refractivity contribution in [2.75, 3.05) is 13.7 Å². The molecule has 112 valence electrons. The monoisotopic (exact) mass is 291 g/mol. The van der Waals surface area contributed by atoms with Gasteiger partial charge in [0.05, 0.1) is 7.11 Å². The number of amides is 4. The Morgan fingerprint density at radius 3 is 2.62 bits per heavy atom. The van der Waals surface area contributed by atoms with Crippen LogP contribution in [-0.4, -0.2) is 36.4 Å². The summed E-state index contributed by atoms with van der Waals surface area (Å²) in [6.07, 6.45) is 0. The molecule has 4 amide bonds. The van der Waals surface area contributed by atoms with Crippen molar-refractivity contribution in [3.05, 3.63) is 29.3 Å². The number of carbonyl (C=O) groups is 3. The molecule has 7 heteroatoms. The van der Waals surface area contributed by atoms with Gasteiger partial charge in [-0.3, -0.25) is 14.5 Å². The Hall–Kier alpha value is -2.57. The largest absolute Gasteiger partial charge is 0.496 e. The molecule has 1 aromatic carbocycles. The summed E-state index contributed by atoms with van der Waals surface area (Å²) in [5.74, 6) is -0.558. The summed E-state index contributed by atoms with van der Waals surface area (Å²) in [5, 5.41) is 2.61. The molecule has 0 aliphatic carbocycles. The molecule has 0 saturated carbocycles. The Morgan fingerprint density at radius 2 is 2.10 bits per heavy atom. The van der Waals surface area contributed by atoms with E-state index in [1.165, 1.54) is 0 Å². The minimum atomic E-state index is -1.22. The van der Waals surface area contributed by atoms with E-state index in [4.69, 9.17) is 10.5 Å². The second kappa shape index (κ2) is 5.08. The number of nitrogens with one attached hydrogen (secondary N) is 1. The quantitative estimate of drug-likeness (QED) is 0.777. The van der Waals surface area contributed by atoms with Crippen LogP contribution in [0.2, 0.25) is 0 Å². The molecule has 1 aromatic rings. The van der Waals surface area contributed by atoms with Gasteiger partial charge in [-0.25, -0.2) is 4.79 Å². The standard InChI is InChI=1S/C14H17N3O4/c1-8-6-9(4-5-10(8)21-3)14(2)12(19)17(7-11(15)18)13(20)16-14/h4-6H,7H2,1-3H3,(H2,15,18)(H,16,20). The molecule has 1 aliphatic rings. The van der Waals surface area contributed by atoms with E-state index in [1.807, 2.05) is 6.92 Å². The number of hydrogen-bond donors (Lipinski definition) is 2. The number of imide groups is 1. The third-order valence-corrected chi connectivity index (χ3v) is 3.56. The smallest absolute Gasteiger partial charge is 0.325 e. The summed E-state index contributed by atoms with van der Waals surface area (Å²) in [5.41, 5.74) is 5.29. The van der Waals surface area contributed by atoms with Gasteiger partial charge in [0.1, 0.15) is 17.8 Å². The first kappa shape index (κ1) is 14.8. The van der Waals surface area contributed by atoms with Crippen molar-refractivity contribution >= 4 is 17.8 Å². The van der Waals surface area contributed by atoms with Crippen LogP contribution in [0, 0.1) is 6.92 Å². The lowest BCUT2D eigenvalue weighted by molar-refractivity contribution is -0.134. The van der Waals surface area contributed by atoms with Crippen molar-refractivity contribution in [1.82, 2.24) is 10.2 Å². The second-order valence-electron chi connectivity index (χ2n) is 5.10. The second-order valence-corrected chi connectivity index (χ2v) is 5.10. The number of benzene rings is 1. The van der Waals surface area contributed by atoms with Gasteiger partial charge < -0.3 is 15.8 Å². The first-order valence-corrected chi connectivity index (χ1v) is 6.37. The van der Waals surface area contributed by atoms with Crippen molar-refractivity contribution in [3.8, 4) is 5.75 Å². The van der Waals surface area contributed by atoms with E-state index in [1.54, 1.807) is 32.2 Å². The fraction of sp³-hybridized carbons (Fsp3) is 0.357. The van der Waals surface area contributed by atoms with Crippen LogP contribution in [0.3, 0.4) is 0 Å². The molecule has 21 heavy (non-hydrogen) atoms. The number of primary amides is 1. The molecule has 1 aliphatic heterocycles. The van der Waals surface area contributed by atoms with Crippen LogP contribution in [-0.2, 0) is 15.1 Å². The molecular weight excluding hydrogens is 274 g/mol. The number of aryl methyl sites for hydroxylation is 1. The highest BCUT2D eigenvalue weighted by Crippen LogP contribution is 2.31. The summed E-state index contributed by atoms with van der Waals surface area (Å²) in [7, 11) is 1.56. The minimum Gasteiger partial charge on any atom is -0.496 e.